The van der Waals surface area contributed by atoms with Gasteiger partial charge < -0.3 is 10.2 Å². The van der Waals surface area contributed by atoms with Gasteiger partial charge in [-0.15, -0.1) is 5.10 Å². The summed E-state index contributed by atoms with van der Waals surface area (Å²) in [7, 11) is 0. The van der Waals surface area contributed by atoms with Crippen LogP contribution < -0.4 is 15.8 Å². The number of aromatic nitrogens is 3. The van der Waals surface area contributed by atoms with Crippen LogP contribution in [0.3, 0.4) is 0 Å². The van der Waals surface area contributed by atoms with Crippen LogP contribution >= 0.6 is 11.3 Å². The van der Waals surface area contributed by atoms with Crippen molar-refractivity contribution in [3.63, 3.8) is 0 Å². The fraction of sp³-hybridized carbons (Fsp3) is 0.333. The van der Waals surface area contributed by atoms with Crippen molar-refractivity contribution in [1.82, 2.24) is 24.8 Å². The average Bonchev–Trinajstić information content (AvgIpc) is 3.14. The molecule has 3 heterocycles. The Hall–Kier alpha value is -2.85. The van der Waals surface area contributed by atoms with E-state index in [1.165, 1.54) is 40.2 Å². The van der Waals surface area contributed by atoms with Crippen molar-refractivity contribution in [3.05, 3.63) is 58.3 Å². The van der Waals surface area contributed by atoms with Gasteiger partial charge in [-0.2, -0.15) is 4.52 Å². The van der Waals surface area contributed by atoms with Gasteiger partial charge in [-0.25, -0.2) is 9.37 Å². The van der Waals surface area contributed by atoms with Crippen molar-refractivity contribution in [2.75, 3.05) is 44.2 Å². The Labute approximate surface area is 164 Å². The van der Waals surface area contributed by atoms with Crippen molar-refractivity contribution >= 4 is 27.3 Å². The molecule has 1 aliphatic rings. The Bertz CT molecular complexity index is 1040. The van der Waals surface area contributed by atoms with E-state index in [2.05, 4.69) is 25.2 Å². The number of nitrogens with one attached hydrogen (secondary N) is 1. The van der Waals surface area contributed by atoms with E-state index in [4.69, 9.17) is 0 Å². The summed E-state index contributed by atoms with van der Waals surface area (Å²) in [5.41, 5.74) is -0.122. The van der Waals surface area contributed by atoms with Gasteiger partial charge >= 0.3 is 0 Å². The molecule has 0 saturated carbocycles. The monoisotopic (exact) mass is 402 g/mol. The third-order valence-electron chi connectivity index (χ3n) is 4.64. The average molecular weight is 402 g/mol. The second-order valence-corrected chi connectivity index (χ2v) is 7.36. The van der Waals surface area contributed by atoms with Crippen LogP contribution in [0, 0.1) is 5.82 Å². The van der Waals surface area contributed by atoms with Crippen molar-refractivity contribution < 1.29 is 9.18 Å². The Kier molecular flexibility index (Phi) is 5.31. The molecule has 1 N–H and O–H groups in total. The summed E-state index contributed by atoms with van der Waals surface area (Å²) in [6, 6.07) is 7.35. The quantitative estimate of drug-likeness (QED) is 0.681. The number of anilines is 1. The molecule has 28 heavy (non-hydrogen) atoms. The lowest BCUT2D eigenvalue weighted by Crippen LogP contribution is -2.48. The molecule has 4 rings (SSSR count). The van der Waals surface area contributed by atoms with Crippen LogP contribution in [0.25, 0.3) is 4.96 Å². The van der Waals surface area contributed by atoms with Crippen LogP contribution in [0.2, 0.25) is 0 Å². The molecule has 1 fully saturated rings. The Morgan fingerprint density at radius 3 is 2.71 bits per heavy atom. The number of piperazine rings is 1. The summed E-state index contributed by atoms with van der Waals surface area (Å²) >= 11 is 1.40. The molecular formula is C18H19FN6O2S. The van der Waals surface area contributed by atoms with Crippen LogP contribution in [0.4, 0.5) is 9.52 Å². The molecule has 2 aromatic heterocycles. The van der Waals surface area contributed by atoms with Gasteiger partial charge in [0.1, 0.15) is 5.82 Å². The van der Waals surface area contributed by atoms with Gasteiger partial charge in [0.2, 0.25) is 10.1 Å². The first-order valence-electron chi connectivity index (χ1n) is 8.97. The van der Waals surface area contributed by atoms with E-state index >= 15 is 0 Å². The lowest BCUT2D eigenvalue weighted by Gasteiger charge is -2.34. The number of benzene rings is 1. The number of nitrogens with zero attached hydrogens (tertiary/aromatic N) is 5. The highest BCUT2D eigenvalue weighted by molar-refractivity contribution is 7.20. The van der Waals surface area contributed by atoms with Crippen LogP contribution in [-0.2, 0) is 0 Å². The summed E-state index contributed by atoms with van der Waals surface area (Å²) in [5.74, 6) is -0.915. The molecule has 0 atom stereocenters. The SMILES string of the molecule is O=C(NCCN1CCN(c2nn3c(=O)ccnc3s2)CC1)c1ccccc1F. The molecule has 1 aromatic carbocycles. The molecule has 1 aliphatic heterocycles. The lowest BCUT2D eigenvalue weighted by atomic mass is 10.2. The zero-order chi connectivity index (χ0) is 19.5. The Morgan fingerprint density at radius 1 is 1.18 bits per heavy atom. The highest BCUT2D eigenvalue weighted by atomic mass is 32.1. The smallest absolute Gasteiger partial charge is 0.275 e. The number of fused-ring (bicyclic) bond motifs is 1. The van der Waals surface area contributed by atoms with Gasteiger partial charge in [0.05, 0.1) is 5.56 Å². The molecule has 0 radical (unpaired) electrons. The number of carbonyl (C=O) groups excluding carboxylic acids is 1. The Balaban J connectivity index is 1.27. The summed E-state index contributed by atoms with van der Waals surface area (Å²) in [4.78, 5) is 33.0. The van der Waals surface area contributed by atoms with Gasteiger partial charge in [-0.05, 0) is 12.1 Å². The second-order valence-electron chi connectivity index (χ2n) is 6.43. The fourth-order valence-corrected chi connectivity index (χ4v) is 4.02. The zero-order valence-corrected chi connectivity index (χ0v) is 15.9. The minimum absolute atomic E-state index is 0.0620. The minimum atomic E-state index is -0.516. The predicted molar refractivity (Wildman–Crippen MR) is 105 cm³/mol. The maximum absolute atomic E-state index is 13.6. The third kappa shape index (κ3) is 3.87. The first kappa shape index (κ1) is 18.5. The molecule has 1 amide bonds. The number of hydrogen-bond acceptors (Lipinski definition) is 7. The van der Waals surface area contributed by atoms with E-state index in [0.717, 1.165) is 31.3 Å². The van der Waals surface area contributed by atoms with Crippen LogP contribution in [-0.4, -0.2) is 64.7 Å². The molecule has 0 unspecified atom stereocenters. The van der Waals surface area contributed by atoms with E-state index in [-0.39, 0.29) is 11.1 Å². The van der Waals surface area contributed by atoms with E-state index in [0.29, 0.717) is 18.1 Å². The second kappa shape index (κ2) is 8.03. The first-order valence-corrected chi connectivity index (χ1v) is 9.78. The van der Waals surface area contributed by atoms with E-state index in [9.17, 15) is 14.0 Å². The van der Waals surface area contributed by atoms with Crippen LogP contribution in [0.1, 0.15) is 10.4 Å². The molecule has 0 bridgehead atoms. The first-order chi connectivity index (χ1) is 13.6. The summed E-state index contributed by atoms with van der Waals surface area (Å²) in [6.45, 7) is 4.32. The summed E-state index contributed by atoms with van der Waals surface area (Å²) < 4.78 is 14.9. The van der Waals surface area contributed by atoms with Crippen molar-refractivity contribution in [2.45, 2.75) is 0 Å². The van der Waals surface area contributed by atoms with Gasteiger partial charge in [0, 0.05) is 51.5 Å². The minimum Gasteiger partial charge on any atom is -0.351 e. The molecule has 3 aromatic rings. The van der Waals surface area contributed by atoms with Gasteiger partial charge in [0.25, 0.3) is 11.5 Å². The van der Waals surface area contributed by atoms with Crippen molar-refractivity contribution in [2.24, 2.45) is 0 Å². The lowest BCUT2D eigenvalue weighted by molar-refractivity contribution is 0.0943. The topological polar surface area (TPSA) is 82.8 Å². The molecule has 1 saturated heterocycles. The molecular weight excluding hydrogens is 383 g/mol. The summed E-state index contributed by atoms with van der Waals surface area (Å²) in [6.07, 6.45) is 1.49. The maximum Gasteiger partial charge on any atom is 0.275 e. The zero-order valence-electron chi connectivity index (χ0n) is 15.0. The molecule has 0 aliphatic carbocycles. The van der Waals surface area contributed by atoms with E-state index in [1.54, 1.807) is 12.1 Å². The van der Waals surface area contributed by atoms with Gasteiger partial charge in [-0.1, -0.05) is 23.5 Å². The molecule has 146 valence electrons. The number of halogens is 1. The fourth-order valence-electron chi connectivity index (χ4n) is 3.09. The standard InChI is InChI=1S/C18H19FN6O2S/c19-14-4-2-1-3-13(14)16(27)20-7-8-23-9-11-24(12-10-23)18-22-25-15(26)5-6-21-17(25)28-18/h1-6H,7-12H2,(H,20,27). The van der Waals surface area contributed by atoms with Crippen molar-refractivity contribution in [1.29, 1.82) is 0 Å². The molecule has 10 heteroatoms. The third-order valence-corrected chi connectivity index (χ3v) is 5.62. The van der Waals surface area contributed by atoms with Crippen LogP contribution in [0.5, 0.6) is 0 Å². The van der Waals surface area contributed by atoms with E-state index in [1.807, 2.05) is 0 Å². The van der Waals surface area contributed by atoms with Crippen molar-refractivity contribution in [3.8, 4) is 0 Å². The molecule has 0 spiro atoms. The number of hydrogen-bond donors (Lipinski definition) is 1. The largest absolute Gasteiger partial charge is 0.351 e. The Morgan fingerprint density at radius 2 is 1.96 bits per heavy atom. The van der Waals surface area contributed by atoms with E-state index < -0.39 is 11.7 Å². The summed E-state index contributed by atoms with van der Waals surface area (Å²) in [5, 5.41) is 7.91. The number of rotatable bonds is 5. The molecule has 8 nitrogen and oxygen atoms in total. The highest BCUT2D eigenvalue weighted by Crippen LogP contribution is 2.22. The number of amides is 1. The normalized spacial score (nSPS) is 15.1. The maximum atomic E-state index is 13.6. The highest BCUT2D eigenvalue weighted by Gasteiger charge is 2.20. The van der Waals surface area contributed by atoms with Gasteiger partial charge in [0.15, 0.2) is 0 Å². The number of carbonyl (C=O) groups is 1. The van der Waals surface area contributed by atoms with Crippen LogP contribution in [0.15, 0.2) is 41.3 Å². The van der Waals surface area contributed by atoms with Gasteiger partial charge in [-0.3, -0.25) is 14.5 Å². The predicted octanol–water partition coefficient (Wildman–Crippen LogP) is 0.842.